The Labute approximate surface area is 66.2 Å². The van der Waals surface area contributed by atoms with Gasteiger partial charge in [0.05, 0.1) is 5.57 Å². The number of hydrogen-bond acceptors (Lipinski definition) is 3. The third kappa shape index (κ3) is 1.90. The first-order valence-electron chi connectivity index (χ1n) is 3.74. The highest BCUT2D eigenvalue weighted by Gasteiger charge is 2.08. The van der Waals surface area contributed by atoms with Gasteiger partial charge in [-0.3, -0.25) is 9.79 Å². The van der Waals surface area contributed by atoms with Gasteiger partial charge in [-0.1, -0.05) is 6.92 Å². The highest BCUT2D eigenvalue weighted by Crippen LogP contribution is 2.01. The number of ketones is 1. The molecule has 0 bridgehead atoms. The van der Waals surface area contributed by atoms with Gasteiger partial charge in [0.1, 0.15) is 6.17 Å². The molecule has 0 aromatic rings. The predicted octanol–water partition coefficient (Wildman–Crippen LogP) is 0.869. The van der Waals surface area contributed by atoms with Gasteiger partial charge in [0.2, 0.25) is 0 Å². The van der Waals surface area contributed by atoms with Crippen LogP contribution in [-0.4, -0.2) is 18.2 Å². The molecule has 0 radical (unpaired) electrons. The van der Waals surface area contributed by atoms with E-state index >= 15 is 0 Å². The maximum atomic E-state index is 10.8. The van der Waals surface area contributed by atoms with Crippen LogP contribution >= 0.6 is 0 Å². The molecule has 0 aromatic heterocycles. The Morgan fingerprint density at radius 1 is 1.82 bits per heavy atom. The second-order valence-corrected chi connectivity index (χ2v) is 2.52. The molecule has 0 amide bonds. The molecule has 1 aliphatic heterocycles. The van der Waals surface area contributed by atoms with Gasteiger partial charge in [-0.15, -0.1) is 0 Å². The molecule has 0 saturated heterocycles. The quantitative estimate of drug-likeness (QED) is 0.638. The van der Waals surface area contributed by atoms with Crippen LogP contribution in [0.3, 0.4) is 0 Å². The van der Waals surface area contributed by atoms with Crippen molar-refractivity contribution in [3.8, 4) is 0 Å². The summed E-state index contributed by atoms with van der Waals surface area (Å²) in [5.41, 5.74) is 0.648. The van der Waals surface area contributed by atoms with Crippen molar-refractivity contribution >= 4 is 12.0 Å². The van der Waals surface area contributed by atoms with E-state index in [2.05, 4.69) is 10.3 Å². The van der Waals surface area contributed by atoms with Gasteiger partial charge >= 0.3 is 0 Å². The van der Waals surface area contributed by atoms with Crippen LogP contribution in [0, 0.1) is 0 Å². The number of carbonyl (C=O) groups excluding carboxylic acids is 1. The second kappa shape index (κ2) is 3.32. The summed E-state index contributed by atoms with van der Waals surface area (Å²) in [6.07, 6.45) is 4.45. The smallest absolute Gasteiger partial charge is 0.162 e. The van der Waals surface area contributed by atoms with Crippen molar-refractivity contribution < 1.29 is 4.79 Å². The molecule has 0 fully saturated rings. The Bertz CT molecular complexity index is 218. The maximum absolute atomic E-state index is 10.8. The zero-order chi connectivity index (χ0) is 8.27. The topological polar surface area (TPSA) is 41.5 Å². The molecule has 0 aromatic carbocycles. The van der Waals surface area contributed by atoms with Crippen molar-refractivity contribution in [3.05, 3.63) is 11.8 Å². The molecule has 0 unspecified atom stereocenters. The minimum atomic E-state index is 0.0517. The molecule has 0 aliphatic carbocycles. The van der Waals surface area contributed by atoms with E-state index in [1.165, 1.54) is 6.92 Å². The number of rotatable bonds is 2. The summed E-state index contributed by atoms with van der Waals surface area (Å²) >= 11 is 0. The van der Waals surface area contributed by atoms with Crippen LogP contribution in [0.25, 0.3) is 0 Å². The van der Waals surface area contributed by atoms with Gasteiger partial charge in [-0.05, 0) is 13.3 Å². The van der Waals surface area contributed by atoms with Gasteiger partial charge in [0.25, 0.3) is 0 Å². The second-order valence-electron chi connectivity index (χ2n) is 2.52. The molecular formula is C8H12N2O. The van der Waals surface area contributed by atoms with Crippen molar-refractivity contribution in [1.82, 2.24) is 5.32 Å². The summed E-state index contributed by atoms with van der Waals surface area (Å²) < 4.78 is 0. The van der Waals surface area contributed by atoms with E-state index in [4.69, 9.17) is 0 Å². The first kappa shape index (κ1) is 7.98. The molecule has 1 atom stereocenters. The standard InChI is InChI=1S/C8H12N2O/c1-3-8-9-4-7(5-10-8)6(2)11/h4-5,8-9H,3H2,1-2H3/t8-/m1/s1. The maximum Gasteiger partial charge on any atom is 0.162 e. The fourth-order valence-electron chi connectivity index (χ4n) is 0.852. The van der Waals surface area contributed by atoms with Crippen LogP contribution in [-0.2, 0) is 4.79 Å². The lowest BCUT2D eigenvalue weighted by atomic mass is 10.2. The van der Waals surface area contributed by atoms with Crippen LogP contribution in [0.1, 0.15) is 20.3 Å². The SMILES string of the molecule is CC[C@H]1N=CC(C(C)=O)=CN1. The van der Waals surface area contributed by atoms with Gasteiger partial charge < -0.3 is 5.32 Å². The molecule has 1 N–H and O–H groups in total. The molecule has 1 heterocycles. The van der Waals surface area contributed by atoms with Crippen molar-refractivity contribution in [1.29, 1.82) is 0 Å². The van der Waals surface area contributed by atoms with E-state index < -0.39 is 0 Å². The third-order valence-electron chi connectivity index (χ3n) is 1.62. The number of aliphatic imine (C=N–C) groups is 1. The molecule has 60 valence electrons. The average Bonchev–Trinajstić information content (AvgIpc) is 2.05. The number of hydrogen-bond donors (Lipinski definition) is 1. The summed E-state index contributed by atoms with van der Waals surface area (Å²) in [5, 5.41) is 3.02. The molecule has 1 rings (SSSR count). The van der Waals surface area contributed by atoms with E-state index in [0.29, 0.717) is 5.57 Å². The highest BCUT2D eigenvalue weighted by molar-refractivity contribution is 6.12. The van der Waals surface area contributed by atoms with Gasteiger partial charge in [0, 0.05) is 12.4 Å². The summed E-state index contributed by atoms with van der Waals surface area (Å²) in [4.78, 5) is 14.9. The molecule has 1 aliphatic rings. The lowest BCUT2D eigenvalue weighted by molar-refractivity contribution is -0.113. The van der Waals surface area contributed by atoms with E-state index in [1.807, 2.05) is 6.92 Å². The zero-order valence-corrected chi connectivity index (χ0v) is 6.79. The van der Waals surface area contributed by atoms with Crippen LogP contribution in [0.15, 0.2) is 16.8 Å². The van der Waals surface area contributed by atoms with E-state index in [9.17, 15) is 4.79 Å². The van der Waals surface area contributed by atoms with E-state index in [-0.39, 0.29) is 11.9 Å². The summed E-state index contributed by atoms with van der Waals surface area (Å²) in [6, 6.07) is 0. The van der Waals surface area contributed by atoms with E-state index in [1.54, 1.807) is 12.4 Å². The average molecular weight is 152 g/mol. The molecule has 3 heteroatoms. The van der Waals surface area contributed by atoms with Gasteiger partial charge in [0.15, 0.2) is 5.78 Å². The number of allylic oxidation sites excluding steroid dienone is 1. The van der Waals surface area contributed by atoms with Gasteiger partial charge in [-0.25, -0.2) is 0 Å². The van der Waals surface area contributed by atoms with Crippen LogP contribution in [0.5, 0.6) is 0 Å². The third-order valence-corrected chi connectivity index (χ3v) is 1.62. The molecule has 3 nitrogen and oxygen atoms in total. The Hall–Kier alpha value is -1.12. The Kier molecular flexibility index (Phi) is 2.41. The minimum Gasteiger partial charge on any atom is -0.369 e. The number of nitrogens with one attached hydrogen (secondary N) is 1. The zero-order valence-electron chi connectivity index (χ0n) is 6.79. The number of Topliss-reactive ketones (excluding diaryl/α,β-unsaturated/α-hetero) is 1. The van der Waals surface area contributed by atoms with Crippen molar-refractivity contribution in [3.63, 3.8) is 0 Å². The predicted molar refractivity (Wildman–Crippen MR) is 44.5 cm³/mol. The van der Waals surface area contributed by atoms with Crippen LogP contribution in [0.4, 0.5) is 0 Å². The summed E-state index contributed by atoms with van der Waals surface area (Å²) in [5.74, 6) is 0.0517. The van der Waals surface area contributed by atoms with Crippen molar-refractivity contribution in [2.24, 2.45) is 4.99 Å². The lowest BCUT2D eigenvalue weighted by Crippen LogP contribution is -2.26. The summed E-state index contributed by atoms with van der Waals surface area (Å²) in [6.45, 7) is 3.58. The minimum absolute atomic E-state index is 0.0517. The van der Waals surface area contributed by atoms with Crippen LogP contribution in [0.2, 0.25) is 0 Å². The normalized spacial score (nSPS) is 22.4. The van der Waals surface area contributed by atoms with Crippen molar-refractivity contribution in [2.45, 2.75) is 26.4 Å². The number of carbonyl (C=O) groups is 1. The monoisotopic (exact) mass is 152 g/mol. The summed E-state index contributed by atoms with van der Waals surface area (Å²) in [7, 11) is 0. The molecule has 0 saturated carbocycles. The Balaban J connectivity index is 2.60. The fourth-order valence-corrected chi connectivity index (χ4v) is 0.852. The lowest BCUT2D eigenvalue weighted by Gasteiger charge is -2.14. The fraction of sp³-hybridized carbons (Fsp3) is 0.500. The molecular weight excluding hydrogens is 140 g/mol. The van der Waals surface area contributed by atoms with E-state index in [0.717, 1.165) is 6.42 Å². The van der Waals surface area contributed by atoms with Crippen LogP contribution < -0.4 is 5.32 Å². The highest BCUT2D eigenvalue weighted by atomic mass is 16.1. The first-order valence-corrected chi connectivity index (χ1v) is 3.74. The molecule has 0 spiro atoms. The Morgan fingerprint density at radius 2 is 2.55 bits per heavy atom. The van der Waals surface area contributed by atoms with Gasteiger partial charge in [-0.2, -0.15) is 0 Å². The first-order chi connectivity index (χ1) is 5.24. The number of nitrogens with zero attached hydrogens (tertiary/aromatic N) is 1. The Morgan fingerprint density at radius 3 is 2.91 bits per heavy atom. The van der Waals surface area contributed by atoms with Crippen molar-refractivity contribution in [2.75, 3.05) is 0 Å². The largest absolute Gasteiger partial charge is 0.369 e. The molecule has 11 heavy (non-hydrogen) atoms.